The number of nitriles is 1. The first-order valence-corrected chi connectivity index (χ1v) is 7.88. The molecule has 6 heteroatoms. The van der Waals surface area contributed by atoms with Crippen LogP contribution in [-0.4, -0.2) is 54.5 Å². The fraction of sp³-hybridized carbons (Fsp3) is 0.467. The van der Waals surface area contributed by atoms with Crippen molar-refractivity contribution in [1.82, 2.24) is 15.1 Å². The largest absolute Gasteiger partial charge is 0.333 e. The lowest BCUT2D eigenvalue weighted by atomic mass is 10.2. The Balaban J connectivity index is 1.97. The zero-order chi connectivity index (χ0) is 15.1. The first-order valence-electron chi connectivity index (χ1n) is 7.00. The number of piperazine rings is 1. The van der Waals surface area contributed by atoms with Gasteiger partial charge in [0, 0.05) is 31.1 Å². The maximum Gasteiger partial charge on any atom is 0.237 e. The summed E-state index contributed by atoms with van der Waals surface area (Å²) in [6, 6.07) is 6.03. The Hall–Kier alpha value is -1.68. The van der Waals surface area contributed by atoms with Gasteiger partial charge in [0.1, 0.15) is 6.04 Å². The van der Waals surface area contributed by atoms with Crippen LogP contribution in [0.1, 0.15) is 4.88 Å². The lowest BCUT2D eigenvalue weighted by molar-refractivity contribution is -0.133. The Bertz CT molecular complexity index is 508. The van der Waals surface area contributed by atoms with Gasteiger partial charge >= 0.3 is 0 Å². The van der Waals surface area contributed by atoms with E-state index in [0.717, 1.165) is 18.0 Å². The average molecular weight is 304 g/mol. The molecule has 0 spiro atoms. The molecule has 1 aliphatic heterocycles. The molecule has 1 aromatic heterocycles. The van der Waals surface area contributed by atoms with Gasteiger partial charge in [0.05, 0.1) is 19.2 Å². The molecule has 5 nitrogen and oxygen atoms in total. The maximum atomic E-state index is 12.5. The molecule has 0 saturated carbocycles. The van der Waals surface area contributed by atoms with Crippen LogP contribution in [0.25, 0.3) is 0 Å². The average Bonchev–Trinajstić information content (AvgIpc) is 3.00. The molecular weight excluding hydrogens is 284 g/mol. The minimum absolute atomic E-state index is 0.0467. The second kappa shape index (κ2) is 7.93. The molecule has 21 heavy (non-hydrogen) atoms. The van der Waals surface area contributed by atoms with Gasteiger partial charge in [-0.1, -0.05) is 12.1 Å². The lowest BCUT2D eigenvalue weighted by Gasteiger charge is -2.33. The first kappa shape index (κ1) is 15.7. The highest BCUT2D eigenvalue weighted by Gasteiger charge is 2.25. The summed E-state index contributed by atoms with van der Waals surface area (Å²) in [4.78, 5) is 17.4. The van der Waals surface area contributed by atoms with Crippen LogP contribution in [0.2, 0.25) is 0 Å². The van der Waals surface area contributed by atoms with Crippen LogP contribution in [0, 0.1) is 11.3 Å². The van der Waals surface area contributed by atoms with Crippen LogP contribution in [0.3, 0.4) is 0 Å². The van der Waals surface area contributed by atoms with Gasteiger partial charge in [0.15, 0.2) is 0 Å². The standard InChI is InChI=1S/C15H20N4OS/c1-2-6-19(11-14-4-3-8-21-14)15(20)12-18-7-5-17-10-13(18)9-16/h2-4,8,13,17H,1,5-7,10-12H2. The molecule has 1 amide bonds. The van der Waals surface area contributed by atoms with E-state index in [9.17, 15) is 4.79 Å². The van der Waals surface area contributed by atoms with Crippen molar-refractivity contribution in [3.8, 4) is 6.07 Å². The quantitative estimate of drug-likeness (QED) is 0.799. The van der Waals surface area contributed by atoms with E-state index in [1.165, 1.54) is 0 Å². The Kier molecular flexibility index (Phi) is 5.93. The van der Waals surface area contributed by atoms with Crippen molar-refractivity contribution in [1.29, 1.82) is 5.26 Å². The second-order valence-corrected chi connectivity index (χ2v) is 5.99. The van der Waals surface area contributed by atoms with Gasteiger partial charge in [0.25, 0.3) is 0 Å². The molecule has 1 N–H and O–H groups in total. The molecule has 1 aromatic rings. The summed E-state index contributed by atoms with van der Waals surface area (Å²) >= 11 is 1.64. The molecule has 1 atom stereocenters. The van der Waals surface area contributed by atoms with Crippen molar-refractivity contribution in [3.63, 3.8) is 0 Å². The minimum Gasteiger partial charge on any atom is -0.333 e. The van der Waals surface area contributed by atoms with Crippen LogP contribution < -0.4 is 5.32 Å². The van der Waals surface area contributed by atoms with Crippen molar-refractivity contribution in [3.05, 3.63) is 35.0 Å². The normalized spacial score (nSPS) is 18.9. The van der Waals surface area contributed by atoms with Crippen molar-refractivity contribution in [2.75, 3.05) is 32.7 Å². The second-order valence-electron chi connectivity index (χ2n) is 4.96. The predicted octanol–water partition coefficient (Wildman–Crippen LogP) is 1.06. The van der Waals surface area contributed by atoms with Crippen molar-refractivity contribution in [2.45, 2.75) is 12.6 Å². The lowest BCUT2D eigenvalue weighted by Crippen LogP contribution is -2.53. The highest BCUT2D eigenvalue weighted by molar-refractivity contribution is 7.09. The van der Waals surface area contributed by atoms with E-state index in [1.54, 1.807) is 22.3 Å². The third-order valence-corrected chi connectivity index (χ3v) is 4.33. The number of carbonyl (C=O) groups is 1. The number of nitrogens with zero attached hydrogens (tertiary/aromatic N) is 3. The summed E-state index contributed by atoms with van der Waals surface area (Å²) in [5, 5.41) is 14.3. The van der Waals surface area contributed by atoms with E-state index < -0.39 is 0 Å². The van der Waals surface area contributed by atoms with Gasteiger partial charge in [-0.05, 0) is 11.4 Å². The summed E-state index contributed by atoms with van der Waals surface area (Å²) in [7, 11) is 0. The van der Waals surface area contributed by atoms with Crippen LogP contribution in [-0.2, 0) is 11.3 Å². The van der Waals surface area contributed by atoms with E-state index >= 15 is 0 Å². The van der Waals surface area contributed by atoms with Crippen molar-refractivity contribution >= 4 is 17.2 Å². The fourth-order valence-corrected chi connectivity index (χ4v) is 3.06. The molecule has 2 heterocycles. The third kappa shape index (κ3) is 4.39. The number of nitrogens with one attached hydrogen (secondary N) is 1. The Morgan fingerprint density at radius 1 is 1.71 bits per heavy atom. The number of rotatable bonds is 6. The molecule has 0 aromatic carbocycles. The van der Waals surface area contributed by atoms with Gasteiger partial charge in [0.2, 0.25) is 5.91 Å². The Labute approximate surface area is 129 Å². The molecule has 0 aliphatic carbocycles. The minimum atomic E-state index is -0.227. The molecule has 0 radical (unpaired) electrons. The van der Waals surface area contributed by atoms with Gasteiger partial charge in [-0.25, -0.2) is 0 Å². The highest BCUT2D eigenvalue weighted by Crippen LogP contribution is 2.13. The fourth-order valence-electron chi connectivity index (χ4n) is 2.34. The van der Waals surface area contributed by atoms with E-state index in [-0.39, 0.29) is 11.9 Å². The number of hydrogen-bond acceptors (Lipinski definition) is 5. The predicted molar refractivity (Wildman–Crippen MR) is 83.8 cm³/mol. The van der Waals surface area contributed by atoms with Crippen LogP contribution >= 0.6 is 11.3 Å². The van der Waals surface area contributed by atoms with Gasteiger partial charge < -0.3 is 10.2 Å². The molecule has 2 rings (SSSR count). The van der Waals surface area contributed by atoms with Gasteiger partial charge in [-0.3, -0.25) is 9.69 Å². The zero-order valence-electron chi connectivity index (χ0n) is 12.0. The Morgan fingerprint density at radius 2 is 2.57 bits per heavy atom. The molecule has 0 bridgehead atoms. The van der Waals surface area contributed by atoms with Crippen molar-refractivity contribution < 1.29 is 4.79 Å². The molecule has 1 aliphatic rings. The van der Waals surface area contributed by atoms with E-state index in [0.29, 0.717) is 26.2 Å². The SMILES string of the molecule is C=CCN(Cc1cccs1)C(=O)CN1CCNCC1C#N. The van der Waals surface area contributed by atoms with Gasteiger partial charge in [-0.15, -0.1) is 17.9 Å². The molecule has 112 valence electrons. The Morgan fingerprint density at radius 3 is 3.24 bits per heavy atom. The topological polar surface area (TPSA) is 59.4 Å². The van der Waals surface area contributed by atoms with Crippen LogP contribution in [0.4, 0.5) is 0 Å². The summed E-state index contributed by atoms with van der Waals surface area (Å²) in [6.45, 7) is 7.31. The van der Waals surface area contributed by atoms with E-state index in [1.807, 2.05) is 22.4 Å². The molecular formula is C15H20N4OS. The summed E-state index contributed by atoms with van der Waals surface area (Å²) in [5.74, 6) is 0.0467. The van der Waals surface area contributed by atoms with Crippen LogP contribution in [0.15, 0.2) is 30.2 Å². The summed E-state index contributed by atoms with van der Waals surface area (Å²) in [5.41, 5.74) is 0. The molecule has 1 unspecified atom stereocenters. The van der Waals surface area contributed by atoms with Crippen LogP contribution in [0.5, 0.6) is 0 Å². The number of hydrogen-bond donors (Lipinski definition) is 1. The number of carbonyl (C=O) groups excluding carboxylic acids is 1. The number of amides is 1. The number of thiophene rings is 1. The van der Waals surface area contributed by atoms with Crippen molar-refractivity contribution in [2.24, 2.45) is 0 Å². The highest BCUT2D eigenvalue weighted by atomic mass is 32.1. The molecule has 1 saturated heterocycles. The monoisotopic (exact) mass is 304 g/mol. The third-order valence-electron chi connectivity index (χ3n) is 3.47. The van der Waals surface area contributed by atoms with E-state index in [4.69, 9.17) is 5.26 Å². The molecule has 1 fully saturated rings. The smallest absolute Gasteiger partial charge is 0.237 e. The van der Waals surface area contributed by atoms with E-state index in [2.05, 4.69) is 18.0 Å². The maximum absolute atomic E-state index is 12.5. The van der Waals surface area contributed by atoms with Gasteiger partial charge in [-0.2, -0.15) is 5.26 Å². The summed E-state index contributed by atoms with van der Waals surface area (Å²) in [6.07, 6.45) is 1.74. The zero-order valence-corrected chi connectivity index (χ0v) is 12.8. The first-order chi connectivity index (χ1) is 10.2. The summed E-state index contributed by atoms with van der Waals surface area (Å²) < 4.78 is 0.